The van der Waals surface area contributed by atoms with E-state index in [1.54, 1.807) is 0 Å². The lowest BCUT2D eigenvalue weighted by Crippen LogP contribution is -2.36. The maximum absolute atomic E-state index is 11.3. The molecule has 1 amide bonds. The number of nitrogens with one attached hydrogen (secondary N) is 2. The van der Waals surface area contributed by atoms with Gasteiger partial charge in [0.2, 0.25) is 5.91 Å². The summed E-state index contributed by atoms with van der Waals surface area (Å²) in [7, 11) is 0. The molecule has 1 saturated heterocycles. The van der Waals surface area contributed by atoms with Gasteiger partial charge in [0.25, 0.3) is 0 Å². The number of hydrogen-bond donors (Lipinski definition) is 2. The third-order valence-electron chi connectivity index (χ3n) is 2.48. The number of carbonyl (C=O) groups excluding carboxylic acids is 1. The second-order valence-electron chi connectivity index (χ2n) is 3.80. The summed E-state index contributed by atoms with van der Waals surface area (Å²) in [6, 6.07) is 0.243. The fraction of sp³-hybridized carbons (Fsp3) is 0.900. The molecule has 2 N–H and O–H groups in total. The molecule has 0 aromatic heterocycles. The Morgan fingerprint density at radius 3 is 3.07 bits per heavy atom. The maximum Gasteiger partial charge on any atom is 0.246 e. The van der Waals surface area contributed by atoms with Crippen LogP contribution in [0.3, 0.4) is 0 Å². The summed E-state index contributed by atoms with van der Waals surface area (Å²) in [4.78, 5) is 11.3. The first-order valence-corrected chi connectivity index (χ1v) is 5.34. The topological polar surface area (TPSA) is 50.4 Å². The van der Waals surface area contributed by atoms with Gasteiger partial charge in [-0.3, -0.25) is 4.79 Å². The summed E-state index contributed by atoms with van der Waals surface area (Å²) in [5.74, 6) is -0.00810. The Labute approximate surface area is 85.4 Å². The van der Waals surface area contributed by atoms with Crippen LogP contribution in [0.25, 0.3) is 0 Å². The molecule has 4 heteroatoms. The molecule has 1 heterocycles. The van der Waals surface area contributed by atoms with Crippen molar-refractivity contribution >= 4 is 5.91 Å². The highest BCUT2D eigenvalue weighted by Crippen LogP contribution is 2.02. The lowest BCUT2D eigenvalue weighted by molar-refractivity contribution is -0.127. The Bertz CT molecular complexity index is 179. The molecule has 0 aromatic rings. The van der Waals surface area contributed by atoms with Gasteiger partial charge >= 0.3 is 0 Å². The molecule has 1 aliphatic heterocycles. The number of rotatable bonds is 5. The Hall–Kier alpha value is -0.610. The van der Waals surface area contributed by atoms with E-state index in [-0.39, 0.29) is 24.7 Å². The van der Waals surface area contributed by atoms with Gasteiger partial charge in [-0.2, -0.15) is 0 Å². The molecule has 2 atom stereocenters. The zero-order valence-electron chi connectivity index (χ0n) is 9.01. The van der Waals surface area contributed by atoms with Gasteiger partial charge in [0, 0.05) is 12.6 Å². The van der Waals surface area contributed by atoms with Crippen LogP contribution >= 0.6 is 0 Å². The number of carbonyl (C=O) groups is 1. The van der Waals surface area contributed by atoms with Crippen LogP contribution < -0.4 is 10.6 Å². The van der Waals surface area contributed by atoms with Crippen molar-refractivity contribution < 1.29 is 9.53 Å². The van der Waals surface area contributed by atoms with E-state index in [4.69, 9.17) is 4.74 Å². The van der Waals surface area contributed by atoms with Crippen LogP contribution in [0.2, 0.25) is 0 Å². The normalized spacial score (nSPS) is 23.4. The molecular weight excluding hydrogens is 180 g/mol. The molecule has 0 aromatic carbocycles. The molecule has 0 spiro atoms. The van der Waals surface area contributed by atoms with E-state index in [2.05, 4.69) is 10.6 Å². The standard InChI is InChI=1S/C10H20N2O2/c1-3-8(2)12-10(13)7-14-9-4-5-11-6-9/h8-9,11H,3-7H2,1-2H3,(H,12,13). The number of amides is 1. The minimum atomic E-state index is -0.00810. The number of ether oxygens (including phenoxy) is 1. The Kier molecular flexibility index (Phi) is 4.90. The van der Waals surface area contributed by atoms with Crippen LogP contribution in [-0.4, -0.2) is 37.7 Å². The first-order chi connectivity index (χ1) is 6.72. The van der Waals surface area contributed by atoms with E-state index in [0.29, 0.717) is 0 Å². The summed E-state index contributed by atoms with van der Waals surface area (Å²) in [6.07, 6.45) is 2.19. The molecule has 1 rings (SSSR count). The van der Waals surface area contributed by atoms with Crippen molar-refractivity contribution in [2.75, 3.05) is 19.7 Å². The van der Waals surface area contributed by atoms with Crippen molar-refractivity contribution in [3.63, 3.8) is 0 Å². The molecule has 1 aliphatic rings. The molecule has 0 bridgehead atoms. The minimum absolute atomic E-state index is 0.00810. The van der Waals surface area contributed by atoms with E-state index in [0.717, 1.165) is 25.9 Å². The maximum atomic E-state index is 11.3. The van der Waals surface area contributed by atoms with E-state index in [9.17, 15) is 4.79 Å². The van der Waals surface area contributed by atoms with Crippen LogP contribution in [0.5, 0.6) is 0 Å². The predicted molar refractivity (Wildman–Crippen MR) is 55.1 cm³/mol. The molecule has 1 fully saturated rings. The second kappa shape index (κ2) is 5.98. The van der Waals surface area contributed by atoms with E-state index < -0.39 is 0 Å². The summed E-state index contributed by atoms with van der Waals surface area (Å²) < 4.78 is 5.44. The van der Waals surface area contributed by atoms with Crippen molar-refractivity contribution in [2.45, 2.75) is 38.8 Å². The highest BCUT2D eigenvalue weighted by Gasteiger charge is 2.16. The molecule has 0 aliphatic carbocycles. The predicted octanol–water partition coefficient (Wildman–Crippen LogP) is 0.280. The van der Waals surface area contributed by atoms with Crippen LogP contribution in [0.1, 0.15) is 26.7 Å². The molecule has 0 saturated carbocycles. The first kappa shape index (κ1) is 11.5. The monoisotopic (exact) mass is 200 g/mol. The lowest BCUT2D eigenvalue weighted by Gasteiger charge is -2.13. The van der Waals surface area contributed by atoms with E-state index >= 15 is 0 Å². The highest BCUT2D eigenvalue weighted by molar-refractivity contribution is 5.77. The zero-order chi connectivity index (χ0) is 10.4. The van der Waals surface area contributed by atoms with Gasteiger partial charge in [-0.25, -0.2) is 0 Å². The van der Waals surface area contributed by atoms with Crippen molar-refractivity contribution in [1.82, 2.24) is 10.6 Å². The number of hydrogen-bond acceptors (Lipinski definition) is 3. The van der Waals surface area contributed by atoms with Gasteiger partial charge in [0.05, 0.1) is 6.10 Å². The Morgan fingerprint density at radius 1 is 1.71 bits per heavy atom. The van der Waals surface area contributed by atoms with Crippen molar-refractivity contribution in [2.24, 2.45) is 0 Å². The van der Waals surface area contributed by atoms with Gasteiger partial charge in [-0.05, 0) is 26.3 Å². The van der Waals surface area contributed by atoms with Crippen LogP contribution in [0.15, 0.2) is 0 Å². The van der Waals surface area contributed by atoms with Crippen molar-refractivity contribution in [3.05, 3.63) is 0 Å². The molecule has 82 valence electrons. The van der Waals surface area contributed by atoms with Gasteiger partial charge in [0.15, 0.2) is 0 Å². The Morgan fingerprint density at radius 2 is 2.50 bits per heavy atom. The first-order valence-electron chi connectivity index (χ1n) is 5.34. The molecule has 4 nitrogen and oxygen atoms in total. The summed E-state index contributed by atoms with van der Waals surface area (Å²) in [6.45, 7) is 6.10. The fourth-order valence-corrected chi connectivity index (χ4v) is 1.38. The minimum Gasteiger partial charge on any atom is -0.367 e. The molecule has 14 heavy (non-hydrogen) atoms. The molecular formula is C10H20N2O2. The lowest BCUT2D eigenvalue weighted by atomic mass is 10.2. The summed E-state index contributed by atoms with van der Waals surface area (Å²) in [5, 5.41) is 6.06. The SMILES string of the molecule is CCC(C)NC(=O)COC1CCNC1. The third-order valence-corrected chi connectivity index (χ3v) is 2.48. The van der Waals surface area contributed by atoms with Crippen molar-refractivity contribution in [3.8, 4) is 0 Å². The van der Waals surface area contributed by atoms with Crippen LogP contribution in [-0.2, 0) is 9.53 Å². The van der Waals surface area contributed by atoms with E-state index in [1.807, 2.05) is 13.8 Å². The quantitative estimate of drug-likeness (QED) is 0.670. The second-order valence-corrected chi connectivity index (χ2v) is 3.80. The average Bonchev–Trinajstić information content (AvgIpc) is 2.67. The largest absolute Gasteiger partial charge is 0.367 e. The van der Waals surface area contributed by atoms with Gasteiger partial charge in [-0.1, -0.05) is 6.92 Å². The zero-order valence-corrected chi connectivity index (χ0v) is 9.01. The van der Waals surface area contributed by atoms with Gasteiger partial charge < -0.3 is 15.4 Å². The Balaban J connectivity index is 2.08. The fourth-order valence-electron chi connectivity index (χ4n) is 1.38. The van der Waals surface area contributed by atoms with Gasteiger partial charge in [0.1, 0.15) is 6.61 Å². The summed E-state index contributed by atoms with van der Waals surface area (Å²) in [5.41, 5.74) is 0. The third kappa shape index (κ3) is 4.07. The van der Waals surface area contributed by atoms with E-state index in [1.165, 1.54) is 0 Å². The van der Waals surface area contributed by atoms with Gasteiger partial charge in [-0.15, -0.1) is 0 Å². The van der Waals surface area contributed by atoms with Crippen molar-refractivity contribution in [1.29, 1.82) is 0 Å². The van der Waals surface area contributed by atoms with Crippen LogP contribution in [0.4, 0.5) is 0 Å². The highest BCUT2D eigenvalue weighted by atomic mass is 16.5. The average molecular weight is 200 g/mol. The summed E-state index contributed by atoms with van der Waals surface area (Å²) >= 11 is 0. The van der Waals surface area contributed by atoms with Crippen LogP contribution in [0, 0.1) is 0 Å². The molecule has 0 radical (unpaired) electrons. The smallest absolute Gasteiger partial charge is 0.246 e. The molecule has 2 unspecified atom stereocenters.